The molecule has 0 unspecified atom stereocenters. The maximum absolute atomic E-state index is 6.14. The fourth-order valence-corrected chi connectivity index (χ4v) is 2.72. The van der Waals surface area contributed by atoms with Crippen LogP contribution in [-0.2, 0) is 6.54 Å². The van der Waals surface area contributed by atoms with Crippen LogP contribution >= 0.6 is 11.6 Å². The van der Waals surface area contributed by atoms with Gasteiger partial charge in [-0.05, 0) is 56.4 Å². The summed E-state index contributed by atoms with van der Waals surface area (Å²) in [6, 6.07) is 7.83. The van der Waals surface area contributed by atoms with E-state index in [1.807, 2.05) is 6.07 Å². The number of nitrogens with one attached hydrogen (secondary N) is 1. The van der Waals surface area contributed by atoms with Gasteiger partial charge < -0.3 is 10.2 Å². The Morgan fingerprint density at radius 3 is 2.67 bits per heavy atom. The summed E-state index contributed by atoms with van der Waals surface area (Å²) in [7, 11) is 0. The molecule has 1 aromatic carbocycles. The van der Waals surface area contributed by atoms with Crippen LogP contribution < -0.4 is 10.2 Å². The normalized spacial score (nSPS) is 19.0. The molecular weight excluding hydrogens is 244 g/mol. The highest BCUT2D eigenvalue weighted by Gasteiger charge is 2.29. The van der Waals surface area contributed by atoms with Crippen LogP contribution in [0, 0.1) is 0 Å². The summed E-state index contributed by atoms with van der Waals surface area (Å²) in [5.41, 5.74) is 2.72. The van der Waals surface area contributed by atoms with E-state index in [0.29, 0.717) is 0 Å². The highest BCUT2D eigenvalue weighted by atomic mass is 35.5. The standard InChI is InChI=1S/C15H21ClN2/c1-2-18(14-6-7-14)15-8-3-12(16)9-11(15)10-17-13-4-5-13/h3,8-9,13-14,17H,2,4-7,10H2,1H3. The van der Waals surface area contributed by atoms with E-state index in [4.69, 9.17) is 11.6 Å². The maximum atomic E-state index is 6.14. The predicted molar refractivity (Wildman–Crippen MR) is 77.4 cm³/mol. The highest BCUT2D eigenvalue weighted by molar-refractivity contribution is 6.30. The van der Waals surface area contributed by atoms with E-state index >= 15 is 0 Å². The number of rotatable bonds is 6. The molecule has 3 rings (SSSR count). The second-order valence-electron chi connectivity index (χ2n) is 5.45. The van der Waals surface area contributed by atoms with E-state index in [2.05, 4.69) is 29.3 Å². The van der Waals surface area contributed by atoms with E-state index in [1.165, 1.54) is 36.9 Å². The van der Waals surface area contributed by atoms with E-state index < -0.39 is 0 Å². The fourth-order valence-electron chi connectivity index (χ4n) is 2.53. The molecule has 0 saturated heterocycles. The lowest BCUT2D eigenvalue weighted by molar-refractivity contribution is 0.683. The number of nitrogens with zero attached hydrogens (tertiary/aromatic N) is 1. The van der Waals surface area contributed by atoms with Crippen molar-refractivity contribution in [1.29, 1.82) is 0 Å². The molecule has 0 spiro atoms. The van der Waals surface area contributed by atoms with Crippen molar-refractivity contribution in [2.75, 3.05) is 11.4 Å². The molecule has 2 saturated carbocycles. The van der Waals surface area contributed by atoms with Gasteiger partial charge in [-0.3, -0.25) is 0 Å². The quantitative estimate of drug-likeness (QED) is 0.845. The van der Waals surface area contributed by atoms with Crippen molar-refractivity contribution >= 4 is 17.3 Å². The minimum atomic E-state index is 0.743. The summed E-state index contributed by atoms with van der Waals surface area (Å²) in [6.07, 6.45) is 5.34. The minimum absolute atomic E-state index is 0.743. The molecule has 0 aliphatic heterocycles. The summed E-state index contributed by atoms with van der Waals surface area (Å²) >= 11 is 6.14. The third kappa shape index (κ3) is 2.81. The molecule has 1 aromatic rings. The minimum Gasteiger partial charge on any atom is -0.369 e. The van der Waals surface area contributed by atoms with Crippen molar-refractivity contribution in [3.63, 3.8) is 0 Å². The van der Waals surface area contributed by atoms with Gasteiger partial charge in [0.2, 0.25) is 0 Å². The molecule has 0 bridgehead atoms. The molecule has 0 amide bonds. The molecule has 1 N–H and O–H groups in total. The van der Waals surface area contributed by atoms with Gasteiger partial charge in [0.25, 0.3) is 0 Å². The van der Waals surface area contributed by atoms with Crippen molar-refractivity contribution < 1.29 is 0 Å². The number of hydrogen-bond donors (Lipinski definition) is 1. The molecule has 0 radical (unpaired) electrons. The van der Waals surface area contributed by atoms with Crippen LogP contribution in [0.5, 0.6) is 0 Å². The van der Waals surface area contributed by atoms with Crippen molar-refractivity contribution in [3.8, 4) is 0 Å². The first kappa shape index (κ1) is 12.3. The Balaban J connectivity index is 1.80. The smallest absolute Gasteiger partial charge is 0.0415 e. The SMILES string of the molecule is CCN(c1ccc(Cl)cc1CNC1CC1)C1CC1. The zero-order valence-electron chi connectivity index (χ0n) is 11.0. The molecule has 3 heteroatoms. The molecular formula is C15H21ClN2. The predicted octanol–water partition coefficient (Wildman–Crippen LogP) is 3.58. The summed E-state index contributed by atoms with van der Waals surface area (Å²) in [6.45, 7) is 4.28. The fraction of sp³-hybridized carbons (Fsp3) is 0.600. The Kier molecular flexibility index (Phi) is 3.49. The topological polar surface area (TPSA) is 15.3 Å². The molecule has 0 atom stereocenters. The van der Waals surface area contributed by atoms with Gasteiger partial charge in [0.1, 0.15) is 0 Å². The summed E-state index contributed by atoms with van der Waals surface area (Å²) in [5, 5.41) is 4.44. The van der Waals surface area contributed by atoms with Crippen LogP contribution in [0.25, 0.3) is 0 Å². The summed E-state index contributed by atoms with van der Waals surface area (Å²) in [5.74, 6) is 0. The average Bonchev–Trinajstić information content (AvgIpc) is 3.24. The first-order valence-electron chi connectivity index (χ1n) is 7.06. The lowest BCUT2D eigenvalue weighted by Gasteiger charge is -2.26. The van der Waals surface area contributed by atoms with Gasteiger partial charge in [-0.1, -0.05) is 11.6 Å². The van der Waals surface area contributed by atoms with Crippen LogP contribution in [0.3, 0.4) is 0 Å². The van der Waals surface area contributed by atoms with Gasteiger partial charge >= 0.3 is 0 Å². The molecule has 0 aromatic heterocycles. The summed E-state index contributed by atoms with van der Waals surface area (Å²) < 4.78 is 0. The molecule has 2 aliphatic carbocycles. The van der Waals surface area contributed by atoms with Crippen LogP contribution in [0.1, 0.15) is 38.2 Å². The maximum Gasteiger partial charge on any atom is 0.0415 e. The van der Waals surface area contributed by atoms with E-state index in [1.54, 1.807) is 0 Å². The first-order valence-corrected chi connectivity index (χ1v) is 7.44. The average molecular weight is 265 g/mol. The van der Waals surface area contributed by atoms with Gasteiger partial charge in [0.15, 0.2) is 0 Å². The van der Waals surface area contributed by atoms with E-state index in [9.17, 15) is 0 Å². The Bertz CT molecular complexity index is 425. The largest absolute Gasteiger partial charge is 0.369 e. The Labute approximate surface area is 114 Å². The van der Waals surface area contributed by atoms with Crippen molar-refractivity contribution in [2.24, 2.45) is 0 Å². The van der Waals surface area contributed by atoms with Crippen LogP contribution in [0.4, 0.5) is 5.69 Å². The molecule has 2 fully saturated rings. The number of anilines is 1. The van der Waals surface area contributed by atoms with Crippen LogP contribution in [0.2, 0.25) is 5.02 Å². The lowest BCUT2D eigenvalue weighted by atomic mass is 10.1. The Hall–Kier alpha value is -0.730. The molecule has 2 aliphatic rings. The van der Waals surface area contributed by atoms with E-state index in [-0.39, 0.29) is 0 Å². The van der Waals surface area contributed by atoms with Crippen molar-refractivity contribution in [1.82, 2.24) is 5.32 Å². The van der Waals surface area contributed by atoms with Gasteiger partial charge in [-0.15, -0.1) is 0 Å². The number of halogens is 1. The molecule has 2 nitrogen and oxygen atoms in total. The summed E-state index contributed by atoms with van der Waals surface area (Å²) in [4.78, 5) is 2.53. The van der Waals surface area contributed by atoms with Crippen LogP contribution in [-0.4, -0.2) is 18.6 Å². The van der Waals surface area contributed by atoms with Gasteiger partial charge in [0.05, 0.1) is 0 Å². The first-order chi connectivity index (χ1) is 8.78. The van der Waals surface area contributed by atoms with E-state index in [0.717, 1.165) is 30.2 Å². The number of hydrogen-bond acceptors (Lipinski definition) is 2. The lowest BCUT2D eigenvalue weighted by Crippen LogP contribution is -2.27. The monoisotopic (exact) mass is 264 g/mol. The zero-order valence-corrected chi connectivity index (χ0v) is 11.7. The van der Waals surface area contributed by atoms with Gasteiger partial charge in [-0.25, -0.2) is 0 Å². The second-order valence-corrected chi connectivity index (χ2v) is 5.88. The van der Waals surface area contributed by atoms with Crippen LogP contribution in [0.15, 0.2) is 18.2 Å². The zero-order chi connectivity index (χ0) is 12.5. The van der Waals surface area contributed by atoms with Gasteiger partial charge in [-0.2, -0.15) is 0 Å². The molecule has 98 valence electrons. The Morgan fingerprint density at radius 2 is 2.06 bits per heavy atom. The van der Waals surface area contributed by atoms with Crippen molar-refractivity contribution in [3.05, 3.63) is 28.8 Å². The third-order valence-electron chi connectivity index (χ3n) is 3.84. The Morgan fingerprint density at radius 1 is 1.28 bits per heavy atom. The highest BCUT2D eigenvalue weighted by Crippen LogP contribution is 2.34. The van der Waals surface area contributed by atoms with Crippen molar-refractivity contribution in [2.45, 2.75) is 51.2 Å². The van der Waals surface area contributed by atoms with Gasteiger partial charge in [0, 0.05) is 35.9 Å². The molecule has 0 heterocycles. The number of benzene rings is 1. The molecule has 18 heavy (non-hydrogen) atoms. The second kappa shape index (κ2) is 5.10. The third-order valence-corrected chi connectivity index (χ3v) is 4.07.